The number of aromatic nitrogens is 4. The summed E-state index contributed by atoms with van der Waals surface area (Å²) in [7, 11) is 0. The molecule has 0 unspecified atom stereocenters. The van der Waals surface area contributed by atoms with E-state index in [9.17, 15) is 4.79 Å². The van der Waals surface area contributed by atoms with Crippen LogP contribution in [0.2, 0.25) is 0 Å². The highest BCUT2D eigenvalue weighted by atomic mass is 16.6. The van der Waals surface area contributed by atoms with E-state index < -0.39 is 5.60 Å². The predicted octanol–water partition coefficient (Wildman–Crippen LogP) is 3.04. The number of fused-ring (bicyclic) bond motifs is 2. The number of nitrogens with zero attached hydrogens (tertiary/aromatic N) is 5. The molecule has 2 fully saturated rings. The summed E-state index contributed by atoms with van der Waals surface area (Å²) in [5, 5.41) is 9.94. The van der Waals surface area contributed by atoms with Gasteiger partial charge in [0.2, 0.25) is 11.9 Å². The van der Waals surface area contributed by atoms with Gasteiger partial charge in [-0.05, 0) is 46.5 Å². The van der Waals surface area contributed by atoms with Crippen molar-refractivity contribution in [1.29, 1.82) is 0 Å². The summed E-state index contributed by atoms with van der Waals surface area (Å²) in [6, 6.07) is 1.18. The van der Waals surface area contributed by atoms with E-state index >= 15 is 0 Å². The Labute approximate surface area is 206 Å². The molecule has 10 heteroatoms. The first-order valence-electron chi connectivity index (χ1n) is 12.7. The normalized spacial score (nSPS) is 19.0. The van der Waals surface area contributed by atoms with E-state index in [1.165, 1.54) is 36.9 Å². The molecule has 2 aliphatic heterocycles. The lowest BCUT2D eigenvalue weighted by Crippen LogP contribution is -2.40. The number of anilines is 2. The third-order valence-electron chi connectivity index (χ3n) is 6.22. The van der Waals surface area contributed by atoms with Crippen molar-refractivity contribution in [3.8, 4) is 0 Å². The van der Waals surface area contributed by atoms with E-state index in [4.69, 9.17) is 4.74 Å². The van der Waals surface area contributed by atoms with E-state index in [0.29, 0.717) is 31.1 Å². The van der Waals surface area contributed by atoms with Crippen molar-refractivity contribution in [3.05, 3.63) is 34.9 Å². The van der Waals surface area contributed by atoms with E-state index in [0.717, 1.165) is 43.1 Å². The molecule has 6 rings (SSSR count). The zero-order valence-electron chi connectivity index (χ0n) is 20.9. The van der Waals surface area contributed by atoms with E-state index in [-0.39, 0.29) is 6.09 Å². The van der Waals surface area contributed by atoms with Crippen LogP contribution in [0.3, 0.4) is 0 Å². The molecule has 3 N–H and O–H groups in total. The number of nitrogens with one attached hydrogen (secondary N) is 3. The lowest BCUT2D eigenvalue weighted by molar-refractivity contribution is 0.0222. The number of carbonyl (C=O) groups is 1. The maximum atomic E-state index is 12.1. The Morgan fingerprint density at radius 2 is 1.57 bits per heavy atom. The van der Waals surface area contributed by atoms with Crippen LogP contribution in [0.4, 0.5) is 16.7 Å². The first-order chi connectivity index (χ1) is 16.8. The Morgan fingerprint density at radius 1 is 0.971 bits per heavy atom. The van der Waals surface area contributed by atoms with Gasteiger partial charge in [0.15, 0.2) is 0 Å². The number of hydrogen-bond donors (Lipinski definition) is 3. The largest absolute Gasteiger partial charge is 0.444 e. The van der Waals surface area contributed by atoms with Crippen molar-refractivity contribution >= 4 is 18.0 Å². The monoisotopic (exact) mass is 480 g/mol. The Balaban J connectivity index is 0.000000156. The van der Waals surface area contributed by atoms with Crippen LogP contribution in [0.5, 0.6) is 0 Å². The SMILES string of the molecule is CC(C)(C)OC(=O)N1CCc2nc(NC3CC3)ncc2C1.c1nc(NC2CC2)nc2c1CNCC2. The van der Waals surface area contributed by atoms with Crippen molar-refractivity contribution in [3.63, 3.8) is 0 Å². The minimum absolute atomic E-state index is 0.270. The molecule has 188 valence electrons. The van der Waals surface area contributed by atoms with E-state index in [2.05, 4.69) is 35.9 Å². The molecule has 4 aliphatic rings. The van der Waals surface area contributed by atoms with Crippen LogP contribution in [0, 0.1) is 0 Å². The fraction of sp³-hybridized carbons (Fsp3) is 0.640. The van der Waals surface area contributed by atoms with Gasteiger partial charge in [-0.2, -0.15) is 0 Å². The van der Waals surface area contributed by atoms with Gasteiger partial charge in [-0.3, -0.25) is 0 Å². The lowest BCUT2D eigenvalue weighted by atomic mass is 10.1. The van der Waals surface area contributed by atoms with Gasteiger partial charge in [0, 0.05) is 68.1 Å². The molecule has 0 atom stereocenters. The summed E-state index contributed by atoms with van der Waals surface area (Å²) in [6.07, 6.45) is 10.2. The van der Waals surface area contributed by atoms with Crippen molar-refractivity contribution < 1.29 is 9.53 Å². The zero-order valence-corrected chi connectivity index (χ0v) is 20.9. The van der Waals surface area contributed by atoms with Crippen LogP contribution in [0.15, 0.2) is 12.4 Å². The average molecular weight is 481 g/mol. The topological polar surface area (TPSA) is 117 Å². The Morgan fingerprint density at radius 3 is 2.17 bits per heavy atom. The van der Waals surface area contributed by atoms with Gasteiger partial charge in [-0.15, -0.1) is 0 Å². The fourth-order valence-electron chi connectivity index (χ4n) is 3.99. The quantitative estimate of drug-likeness (QED) is 0.607. The van der Waals surface area contributed by atoms with Gasteiger partial charge in [-0.25, -0.2) is 24.7 Å². The molecule has 0 saturated heterocycles. The number of ether oxygens (including phenoxy) is 1. The van der Waals surface area contributed by atoms with Crippen LogP contribution in [-0.2, 0) is 30.7 Å². The van der Waals surface area contributed by atoms with Crippen molar-refractivity contribution in [1.82, 2.24) is 30.2 Å². The molecule has 35 heavy (non-hydrogen) atoms. The molecule has 1 amide bonds. The molecule has 10 nitrogen and oxygen atoms in total. The van der Waals surface area contributed by atoms with Gasteiger partial charge in [0.05, 0.1) is 17.9 Å². The van der Waals surface area contributed by atoms with Gasteiger partial charge in [0.1, 0.15) is 5.60 Å². The standard InChI is InChI=1S/C15H22N4O2.C10H14N4/c1-15(2,3)21-14(20)19-7-6-12-10(9-19)8-16-13(18-12)17-11-4-5-11;1-2-8(1)13-10-12-6-7-5-11-4-3-9(7)14-10/h8,11H,4-7,9H2,1-3H3,(H,16,17,18);6,8,11H,1-5H2,(H,12,13,14). The second-order valence-electron chi connectivity index (χ2n) is 10.7. The van der Waals surface area contributed by atoms with Gasteiger partial charge >= 0.3 is 6.09 Å². The highest BCUT2D eigenvalue weighted by Gasteiger charge is 2.28. The summed E-state index contributed by atoms with van der Waals surface area (Å²) in [5.74, 6) is 1.52. The molecule has 0 spiro atoms. The first-order valence-corrected chi connectivity index (χ1v) is 12.7. The van der Waals surface area contributed by atoms with Crippen molar-refractivity contribution in [2.45, 2.75) is 90.1 Å². The second-order valence-corrected chi connectivity index (χ2v) is 10.7. The summed E-state index contributed by atoms with van der Waals surface area (Å²) in [5.41, 5.74) is 4.03. The summed E-state index contributed by atoms with van der Waals surface area (Å²) in [6.45, 7) is 8.74. The number of carbonyl (C=O) groups excluding carboxylic acids is 1. The molecule has 0 aromatic carbocycles. The molecule has 0 bridgehead atoms. The highest BCUT2D eigenvalue weighted by molar-refractivity contribution is 5.68. The average Bonchev–Trinajstić information content (AvgIpc) is 3.76. The Bertz CT molecular complexity index is 1060. The second kappa shape index (κ2) is 9.93. The van der Waals surface area contributed by atoms with Crippen molar-refractivity contribution in [2.75, 3.05) is 23.7 Å². The molecule has 2 aromatic rings. The molecule has 0 radical (unpaired) electrons. The maximum absolute atomic E-state index is 12.1. The Hall–Kier alpha value is -3.01. The molecular formula is C25H36N8O2. The van der Waals surface area contributed by atoms with Crippen molar-refractivity contribution in [2.24, 2.45) is 0 Å². The highest BCUT2D eigenvalue weighted by Crippen LogP contribution is 2.25. The van der Waals surface area contributed by atoms with Crippen LogP contribution in [0.25, 0.3) is 0 Å². The van der Waals surface area contributed by atoms with Gasteiger partial charge in [-0.1, -0.05) is 0 Å². The van der Waals surface area contributed by atoms with Crippen LogP contribution < -0.4 is 16.0 Å². The maximum Gasteiger partial charge on any atom is 0.410 e. The summed E-state index contributed by atoms with van der Waals surface area (Å²) in [4.78, 5) is 31.5. The molecule has 2 aromatic heterocycles. The fourth-order valence-corrected chi connectivity index (χ4v) is 3.99. The van der Waals surface area contributed by atoms with Gasteiger partial charge in [0.25, 0.3) is 0 Å². The van der Waals surface area contributed by atoms with Gasteiger partial charge < -0.3 is 25.6 Å². The minimum Gasteiger partial charge on any atom is -0.444 e. The number of hydrogen-bond acceptors (Lipinski definition) is 9. The molecule has 2 saturated carbocycles. The van der Waals surface area contributed by atoms with E-state index in [1.807, 2.05) is 33.2 Å². The molecular weight excluding hydrogens is 444 g/mol. The summed E-state index contributed by atoms with van der Waals surface area (Å²) >= 11 is 0. The third-order valence-corrected chi connectivity index (χ3v) is 6.22. The third kappa shape index (κ3) is 6.78. The Kier molecular flexibility index (Phi) is 6.73. The zero-order chi connectivity index (χ0) is 24.4. The van der Waals surface area contributed by atoms with E-state index in [1.54, 1.807) is 4.90 Å². The molecule has 4 heterocycles. The predicted molar refractivity (Wildman–Crippen MR) is 133 cm³/mol. The smallest absolute Gasteiger partial charge is 0.410 e. The minimum atomic E-state index is -0.466. The molecule has 2 aliphatic carbocycles. The first kappa shape index (κ1) is 23.7. The number of rotatable bonds is 4. The lowest BCUT2D eigenvalue weighted by Gasteiger charge is -2.30. The summed E-state index contributed by atoms with van der Waals surface area (Å²) < 4.78 is 5.41. The van der Waals surface area contributed by atoms with Crippen LogP contribution >= 0.6 is 0 Å². The van der Waals surface area contributed by atoms with Crippen LogP contribution in [-0.4, -0.2) is 61.7 Å². The number of amides is 1. The van der Waals surface area contributed by atoms with Crippen LogP contribution in [0.1, 0.15) is 69.0 Å².